The Kier molecular flexibility index (Phi) is 12.2. The lowest BCUT2D eigenvalue weighted by Crippen LogP contribution is -2.54. The molecule has 0 saturated carbocycles. The molecule has 0 radical (unpaired) electrons. The summed E-state index contributed by atoms with van der Waals surface area (Å²) in [6.07, 6.45) is 6.76. The zero-order chi connectivity index (χ0) is 41.8. The van der Waals surface area contributed by atoms with Crippen molar-refractivity contribution < 1.29 is 42.9 Å². The van der Waals surface area contributed by atoms with Crippen molar-refractivity contribution in [3.05, 3.63) is 93.9 Å². The van der Waals surface area contributed by atoms with Gasteiger partial charge in [-0.3, -0.25) is 44.1 Å². The molecule has 59 heavy (non-hydrogen) atoms. The summed E-state index contributed by atoms with van der Waals surface area (Å²) < 4.78 is 30.6. The number of carbonyl (C=O) groups excluding carboxylic acids is 4. The molecule has 0 bridgehead atoms. The summed E-state index contributed by atoms with van der Waals surface area (Å²) in [5, 5.41) is 4.92. The Morgan fingerprint density at radius 1 is 0.949 bits per heavy atom. The van der Waals surface area contributed by atoms with Gasteiger partial charge >= 0.3 is 0 Å². The lowest BCUT2D eigenvalue weighted by atomic mass is 9.98. The Labute approximate surface area is 339 Å². The van der Waals surface area contributed by atoms with E-state index in [9.17, 15) is 24.0 Å². The van der Waals surface area contributed by atoms with Crippen molar-refractivity contribution >= 4 is 34.4 Å². The fourth-order valence-electron chi connectivity index (χ4n) is 7.38. The number of nitrogens with one attached hydrogen (secondary N) is 1. The van der Waals surface area contributed by atoms with E-state index in [4.69, 9.17) is 35.3 Å². The third kappa shape index (κ3) is 8.75. The first-order valence-electron chi connectivity index (χ1n) is 19.0. The van der Waals surface area contributed by atoms with Gasteiger partial charge in [-0.15, -0.1) is 0 Å². The topological polar surface area (TPSA) is 223 Å². The van der Waals surface area contributed by atoms with Crippen LogP contribution in [0.25, 0.3) is 21.9 Å². The van der Waals surface area contributed by atoms with Crippen LogP contribution < -0.4 is 36.7 Å². The summed E-state index contributed by atoms with van der Waals surface area (Å²) in [5.41, 5.74) is 9.45. The summed E-state index contributed by atoms with van der Waals surface area (Å²) in [6, 6.07) is 9.24. The lowest BCUT2D eigenvalue weighted by molar-refractivity contribution is -0.136. The van der Waals surface area contributed by atoms with Gasteiger partial charge in [0.1, 0.15) is 29.9 Å². The number of rotatable bonds is 17. The molecule has 5 N–H and O–H groups in total. The average Bonchev–Trinajstić information content (AvgIpc) is 3.45. The van der Waals surface area contributed by atoms with E-state index in [0.717, 1.165) is 27.0 Å². The predicted octanol–water partition coefficient (Wildman–Crippen LogP) is 1.29. The molecule has 3 aliphatic rings. The molecule has 2 aromatic heterocycles. The van der Waals surface area contributed by atoms with Crippen molar-refractivity contribution in [1.29, 1.82) is 0 Å². The maximum Gasteiger partial charge on any atom is 0.262 e. The fourth-order valence-corrected chi connectivity index (χ4v) is 7.38. The Hall–Kier alpha value is -6.34. The molecule has 1 unspecified atom stereocenters. The Balaban J connectivity index is 0.819. The number of hydrogen-bond donors (Lipinski definition) is 3. The summed E-state index contributed by atoms with van der Waals surface area (Å²) in [5.74, 6) is 5.52. The number of hydrogen-bond acceptors (Lipinski definition) is 15. The smallest absolute Gasteiger partial charge is 0.262 e. The third-order valence-corrected chi connectivity index (χ3v) is 10.4. The van der Waals surface area contributed by atoms with Crippen LogP contribution in [0.15, 0.2) is 71.7 Å². The van der Waals surface area contributed by atoms with Crippen LogP contribution in [0.4, 0.5) is 0 Å². The van der Waals surface area contributed by atoms with Crippen LogP contribution in [-0.4, -0.2) is 120 Å². The molecular formula is C41H46N8O10. The normalized spacial score (nSPS) is 17.3. The van der Waals surface area contributed by atoms with Crippen molar-refractivity contribution in [3.8, 4) is 28.4 Å². The fraction of sp³-hybridized carbons (Fsp3) is 0.366. The molecule has 2 fully saturated rings. The van der Waals surface area contributed by atoms with Gasteiger partial charge in [-0.2, -0.15) is 0 Å². The number of piperidine rings is 1. The molecule has 2 aromatic carbocycles. The molecule has 18 nitrogen and oxygen atoms in total. The number of ether oxygens (including phenoxy) is 5. The van der Waals surface area contributed by atoms with Gasteiger partial charge in [-0.25, -0.2) is 5.84 Å². The number of nitrogens with two attached hydrogens (primary N) is 2. The van der Waals surface area contributed by atoms with Gasteiger partial charge in [0.15, 0.2) is 0 Å². The number of imide groups is 2. The van der Waals surface area contributed by atoms with Crippen molar-refractivity contribution in [1.82, 2.24) is 29.7 Å². The minimum atomic E-state index is -1.04. The predicted molar refractivity (Wildman–Crippen MR) is 213 cm³/mol. The molecule has 4 amide bonds. The standard InChI is InChI=1S/C41H46N8O10/c1-46-21-32(28-8-9-44-17-31(28)39(46)52)24-14-35(55-2)33(36(15-24)56-3)22-47-19-27(20-47)59-23-25(42)18-48(43)10-11-57-12-13-58-26-4-5-29-30(16-26)41(54)49(40(29)53)34-6-7-37(50)45-38(34)51/h4-5,8-9,14-18,21,27,34H,6-7,10-13,19-20,22-23,42-43H2,1-3H3,(H,45,50,51)/b25-18-. The Morgan fingerprint density at radius 3 is 2.42 bits per heavy atom. The number of methoxy groups -OCH3 is 2. The first-order chi connectivity index (χ1) is 28.4. The van der Waals surface area contributed by atoms with Crippen LogP contribution in [0.2, 0.25) is 0 Å². The number of carbonyl (C=O) groups is 4. The molecule has 0 spiro atoms. The second-order valence-electron chi connectivity index (χ2n) is 14.4. The van der Waals surface area contributed by atoms with E-state index in [2.05, 4.69) is 15.2 Å². The molecule has 3 aliphatic heterocycles. The molecule has 5 heterocycles. The summed E-state index contributed by atoms with van der Waals surface area (Å²) >= 11 is 0. The number of benzene rings is 2. The molecule has 4 aromatic rings. The monoisotopic (exact) mass is 810 g/mol. The molecule has 1 atom stereocenters. The second kappa shape index (κ2) is 17.7. The van der Waals surface area contributed by atoms with E-state index >= 15 is 0 Å². The first-order valence-corrected chi connectivity index (χ1v) is 19.0. The highest BCUT2D eigenvalue weighted by atomic mass is 16.5. The first kappa shape index (κ1) is 40.8. The molecular weight excluding hydrogens is 764 g/mol. The van der Waals surface area contributed by atoms with Gasteiger partial charge in [-0.05, 0) is 53.8 Å². The van der Waals surface area contributed by atoms with Gasteiger partial charge in [0, 0.05) is 63.5 Å². The van der Waals surface area contributed by atoms with Crippen LogP contribution in [0, 0.1) is 0 Å². The summed E-state index contributed by atoms with van der Waals surface area (Å²) in [7, 11) is 4.97. The van der Waals surface area contributed by atoms with Gasteiger partial charge in [-0.1, -0.05) is 0 Å². The largest absolute Gasteiger partial charge is 0.496 e. The van der Waals surface area contributed by atoms with Crippen LogP contribution in [-0.2, 0) is 32.7 Å². The van der Waals surface area contributed by atoms with Crippen molar-refractivity contribution in [2.24, 2.45) is 18.6 Å². The van der Waals surface area contributed by atoms with Gasteiger partial charge < -0.3 is 39.0 Å². The van der Waals surface area contributed by atoms with Crippen molar-refractivity contribution in [2.75, 3.05) is 60.3 Å². The molecule has 18 heteroatoms. The number of aromatic nitrogens is 2. The molecule has 7 rings (SSSR count). The SMILES string of the molecule is COc1cc(-c2cn(C)c(=O)c3cnccc23)cc(OC)c1CN1CC(OC/C(N)=C/N(N)CCOCCOc2ccc3c(c2)C(=O)N(C2CCC(=O)NC2=O)C3=O)C1. The molecule has 0 aliphatic carbocycles. The number of fused-ring (bicyclic) bond motifs is 2. The maximum absolute atomic E-state index is 13.0. The van der Waals surface area contributed by atoms with E-state index in [0.29, 0.717) is 54.5 Å². The number of likely N-dealkylation sites (tertiary alicyclic amines) is 1. The highest BCUT2D eigenvalue weighted by molar-refractivity contribution is 6.23. The van der Waals surface area contributed by atoms with E-state index in [1.165, 1.54) is 17.1 Å². The third-order valence-electron chi connectivity index (χ3n) is 10.4. The number of pyridine rings is 2. The van der Waals surface area contributed by atoms with Gasteiger partial charge in [0.2, 0.25) is 11.8 Å². The van der Waals surface area contributed by atoms with E-state index < -0.39 is 29.7 Å². The minimum Gasteiger partial charge on any atom is -0.496 e. The van der Waals surface area contributed by atoms with E-state index in [1.807, 2.05) is 24.4 Å². The van der Waals surface area contributed by atoms with Crippen molar-refractivity contribution in [3.63, 3.8) is 0 Å². The zero-order valence-corrected chi connectivity index (χ0v) is 33.0. The Bertz CT molecular complexity index is 2350. The average molecular weight is 811 g/mol. The van der Waals surface area contributed by atoms with Crippen molar-refractivity contribution in [2.45, 2.75) is 31.5 Å². The number of amides is 4. The summed E-state index contributed by atoms with van der Waals surface area (Å²) in [4.78, 5) is 69.7. The minimum absolute atomic E-state index is 0.0214. The molecule has 2 saturated heterocycles. The van der Waals surface area contributed by atoms with Crippen LogP contribution in [0.3, 0.4) is 0 Å². The van der Waals surface area contributed by atoms with Crippen LogP contribution in [0.5, 0.6) is 17.2 Å². The van der Waals surface area contributed by atoms with Crippen LogP contribution in [0.1, 0.15) is 39.1 Å². The Morgan fingerprint density at radius 2 is 1.69 bits per heavy atom. The highest BCUT2D eigenvalue weighted by Crippen LogP contribution is 2.38. The molecule has 310 valence electrons. The number of aryl methyl sites for hydroxylation is 1. The van der Waals surface area contributed by atoms with E-state index in [-0.39, 0.29) is 62.1 Å². The quantitative estimate of drug-likeness (QED) is 0.0592. The maximum atomic E-state index is 13.0. The van der Waals surface area contributed by atoms with Gasteiger partial charge in [0.05, 0.1) is 74.5 Å². The highest BCUT2D eigenvalue weighted by Gasteiger charge is 2.44. The number of nitrogens with zero attached hydrogens (tertiary/aromatic N) is 5. The zero-order valence-electron chi connectivity index (χ0n) is 33.0. The summed E-state index contributed by atoms with van der Waals surface area (Å²) in [6.45, 7) is 3.18. The second-order valence-corrected chi connectivity index (χ2v) is 14.4. The lowest BCUT2D eigenvalue weighted by Gasteiger charge is -2.39. The van der Waals surface area contributed by atoms with Gasteiger partial charge in [0.25, 0.3) is 17.4 Å². The van der Waals surface area contributed by atoms with E-state index in [1.54, 1.807) is 50.5 Å². The van der Waals surface area contributed by atoms with Crippen LogP contribution >= 0.6 is 0 Å². The number of hydrazine groups is 1.